The molecule has 0 radical (unpaired) electrons. The summed E-state index contributed by atoms with van der Waals surface area (Å²) in [5.41, 5.74) is 0. The summed E-state index contributed by atoms with van der Waals surface area (Å²) in [4.78, 5) is 96.4. The molecular formula is C29H42N2O16Se2. The van der Waals surface area contributed by atoms with Crippen molar-refractivity contribution >= 4 is 77.5 Å². The molecule has 6 unspecified atom stereocenters. The molecule has 2 fully saturated rings. The van der Waals surface area contributed by atoms with Crippen LogP contribution in [0.2, 0.25) is 4.22 Å². The van der Waals surface area contributed by atoms with Gasteiger partial charge >= 0.3 is 296 Å². The summed E-state index contributed by atoms with van der Waals surface area (Å²) in [6.45, 7) is 8.70. The minimum absolute atomic E-state index is 0.356. The maximum absolute atomic E-state index is 12.3. The van der Waals surface area contributed by atoms with E-state index in [1.165, 1.54) is 27.7 Å². The molecule has 276 valence electrons. The number of carbonyl (C=O) groups is 8. The van der Waals surface area contributed by atoms with Crippen LogP contribution in [0, 0.1) is 0 Å². The Morgan fingerprint density at radius 2 is 0.796 bits per heavy atom. The first kappa shape index (κ1) is 41.9. The molecule has 49 heavy (non-hydrogen) atoms. The second-order valence-corrected chi connectivity index (χ2v) is 17.3. The first-order valence-electron chi connectivity index (χ1n) is 14.9. The van der Waals surface area contributed by atoms with Crippen LogP contribution in [0.5, 0.6) is 0 Å². The molecule has 20 heteroatoms. The Bertz CT molecular complexity index is 1160. The maximum atomic E-state index is 12.3. The topological polar surface area (TPSA) is 234 Å². The summed E-state index contributed by atoms with van der Waals surface area (Å²) in [5, 5.41) is 3.80. The normalized spacial score (nSPS) is 29.3. The van der Waals surface area contributed by atoms with E-state index in [9.17, 15) is 38.4 Å². The summed E-state index contributed by atoms with van der Waals surface area (Å²) >= 11 is -1.14. The SMILES string of the molecule is CC(=O)NC1C(OC(C)=O)[C@@H](OC(C)=O)C(COC(C)=O)O[C@@H]1[Se]C[Se][C@H]1OC(COC(C)=O)[C@H](OC(C)=O)C(OC(C)=O)C1NC(C)=O. The molecule has 0 aromatic heterocycles. The Morgan fingerprint density at radius 1 is 0.490 bits per heavy atom. The van der Waals surface area contributed by atoms with Crippen LogP contribution in [0.1, 0.15) is 55.4 Å². The van der Waals surface area contributed by atoms with Gasteiger partial charge in [-0.05, 0) is 0 Å². The Kier molecular flexibility index (Phi) is 16.9. The van der Waals surface area contributed by atoms with E-state index in [1.54, 1.807) is 0 Å². The molecule has 2 rings (SSSR count). The average molecular weight is 833 g/mol. The van der Waals surface area contributed by atoms with Crippen molar-refractivity contribution in [2.24, 2.45) is 0 Å². The Balaban J connectivity index is 2.46. The third-order valence-electron chi connectivity index (χ3n) is 6.61. The van der Waals surface area contributed by atoms with Crippen LogP contribution >= 0.6 is 0 Å². The second kappa shape index (κ2) is 19.8. The molecule has 0 saturated carbocycles. The number of hydrogen-bond donors (Lipinski definition) is 2. The van der Waals surface area contributed by atoms with Gasteiger partial charge in [0.05, 0.1) is 0 Å². The van der Waals surface area contributed by atoms with E-state index in [0.29, 0.717) is 4.22 Å². The summed E-state index contributed by atoms with van der Waals surface area (Å²) in [6, 6.07) is -1.99. The zero-order chi connectivity index (χ0) is 37.0. The van der Waals surface area contributed by atoms with E-state index in [4.69, 9.17) is 37.9 Å². The molecule has 0 spiro atoms. The van der Waals surface area contributed by atoms with Crippen molar-refractivity contribution in [1.82, 2.24) is 10.6 Å². The molecule has 18 nitrogen and oxygen atoms in total. The molecule has 0 aromatic carbocycles. The van der Waals surface area contributed by atoms with Crippen LogP contribution < -0.4 is 10.6 Å². The number of rotatable bonds is 14. The van der Waals surface area contributed by atoms with Gasteiger partial charge in [0.25, 0.3) is 0 Å². The number of ether oxygens (including phenoxy) is 8. The van der Waals surface area contributed by atoms with Gasteiger partial charge in [0.2, 0.25) is 0 Å². The van der Waals surface area contributed by atoms with Gasteiger partial charge in [-0.15, -0.1) is 0 Å². The molecule has 2 saturated heterocycles. The quantitative estimate of drug-likeness (QED) is 0.110. The van der Waals surface area contributed by atoms with E-state index < -0.39 is 136 Å². The first-order chi connectivity index (χ1) is 22.9. The number of nitrogens with one attached hydrogen (secondary N) is 2. The molecule has 10 atom stereocenters. The number of esters is 6. The van der Waals surface area contributed by atoms with Crippen molar-refractivity contribution in [3.63, 3.8) is 0 Å². The molecule has 2 amide bonds. The van der Waals surface area contributed by atoms with Gasteiger partial charge in [0, 0.05) is 0 Å². The summed E-state index contributed by atoms with van der Waals surface area (Å²) in [5.74, 6) is -5.19. The van der Waals surface area contributed by atoms with Crippen molar-refractivity contribution in [1.29, 1.82) is 0 Å². The van der Waals surface area contributed by atoms with Crippen molar-refractivity contribution < 1.29 is 76.3 Å². The van der Waals surface area contributed by atoms with Crippen LogP contribution in [0.3, 0.4) is 0 Å². The van der Waals surface area contributed by atoms with Gasteiger partial charge in [-0.2, -0.15) is 0 Å². The predicted molar refractivity (Wildman–Crippen MR) is 164 cm³/mol. The molecule has 0 aliphatic carbocycles. The van der Waals surface area contributed by atoms with Crippen LogP contribution in [-0.4, -0.2) is 149 Å². The van der Waals surface area contributed by atoms with Crippen LogP contribution in [0.15, 0.2) is 0 Å². The van der Waals surface area contributed by atoms with E-state index in [0.717, 1.165) is 27.7 Å². The fourth-order valence-electron chi connectivity index (χ4n) is 5.04. The minimum atomic E-state index is -1.24. The van der Waals surface area contributed by atoms with E-state index in [-0.39, 0.29) is 13.2 Å². The predicted octanol–water partition coefficient (Wildman–Crippen LogP) is -1.92. The van der Waals surface area contributed by atoms with Crippen LogP contribution in [0.4, 0.5) is 0 Å². The van der Waals surface area contributed by atoms with Gasteiger partial charge in [-0.1, -0.05) is 0 Å². The van der Waals surface area contributed by atoms with Crippen molar-refractivity contribution in [3.05, 3.63) is 0 Å². The molecular weight excluding hydrogens is 790 g/mol. The summed E-state index contributed by atoms with van der Waals surface area (Å²) in [6.07, 6.45) is -7.08. The molecule has 2 N–H and O–H groups in total. The fourth-order valence-corrected chi connectivity index (χ4v) is 12.3. The molecule has 2 aliphatic rings. The van der Waals surface area contributed by atoms with Gasteiger partial charge in [0.15, 0.2) is 0 Å². The van der Waals surface area contributed by atoms with Gasteiger partial charge in [-0.3, -0.25) is 0 Å². The molecule has 0 aromatic rings. The Labute approximate surface area is 295 Å². The van der Waals surface area contributed by atoms with Crippen LogP contribution in [0.25, 0.3) is 0 Å². The fraction of sp³-hybridized carbons (Fsp3) is 0.724. The average Bonchev–Trinajstić information content (AvgIpc) is 2.95. The first-order valence-corrected chi connectivity index (χ1v) is 19.3. The number of carbonyl (C=O) groups excluding carboxylic acids is 8. The monoisotopic (exact) mass is 834 g/mol. The van der Waals surface area contributed by atoms with E-state index in [2.05, 4.69) is 10.6 Å². The molecule has 0 bridgehead atoms. The van der Waals surface area contributed by atoms with Crippen molar-refractivity contribution in [2.45, 2.75) is 118 Å². The molecule has 2 heterocycles. The summed E-state index contributed by atoms with van der Waals surface area (Å²) < 4.78 is 45.2. The zero-order valence-electron chi connectivity index (χ0n) is 28.2. The summed E-state index contributed by atoms with van der Waals surface area (Å²) in [7, 11) is 0. The van der Waals surface area contributed by atoms with Gasteiger partial charge < -0.3 is 0 Å². The third-order valence-corrected chi connectivity index (χ3v) is 13.2. The van der Waals surface area contributed by atoms with Crippen molar-refractivity contribution in [2.75, 3.05) is 13.2 Å². The number of amides is 2. The Morgan fingerprint density at radius 3 is 1.06 bits per heavy atom. The zero-order valence-corrected chi connectivity index (χ0v) is 31.7. The van der Waals surface area contributed by atoms with Crippen molar-refractivity contribution in [3.8, 4) is 0 Å². The van der Waals surface area contributed by atoms with Crippen LogP contribution in [-0.2, 0) is 76.3 Å². The third kappa shape index (κ3) is 13.9. The van der Waals surface area contributed by atoms with Gasteiger partial charge in [0.1, 0.15) is 0 Å². The van der Waals surface area contributed by atoms with E-state index in [1.807, 2.05) is 0 Å². The van der Waals surface area contributed by atoms with E-state index >= 15 is 0 Å². The molecule has 2 aliphatic heterocycles. The standard InChI is InChI=1S/C29H42N2O16Se2/c1-12(32)30-22-26(44-18(7)38)24(42-16(5)36)20(9-40-14(3)34)46-28(22)48-11-49-29-23(31-13(2)33)27(45-19(8)39)25(43-17(6)37)21(47-29)10-41-15(4)35/h20-29H,9-11H2,1-8H3,(H,30,32)(H,31,33)/t20?,21?,22?,23?,24-,25-,26?,27?,28+,29+/m0/s1. The van der Waals surface area contributed by atoms with Gasteiger partial charge in [-0.25, -0.2) is 0 Å². The second-order valence-electron chi connectivity index (χ2n) is 10.9. The number of hydrogen-bond acceptors (Lipinski definition) is 16. The Hall–Kier alpha value is -3.28.